The largest absolute Gasteiger partial charge is 0.396 e. The van der Waals surface area contributed by atoms with E-state index in [2.05, 4.69) is 25.8 Å². The molecule has 0 unspecified atom stereocenters. The van der Waals surface area contributed by atoms with Crippen LogP contribution in [-0.4, -0.2) is 36.2 Å². The molecule has 0 aromatic rings. The van der Waals surface area contributed by atoms with Gasteiger partial charge in [0.15, 0.2) is 0 Å². The number of aliphatic hydroxyl groups is 1. The van der Waals surface area contributed by atoms with Crippen LogP contribution in [0.15, 0.2) is 0 Å². The van der Waals surface area contributed by atoms with Crippen LogP contribution in [-0.2, 0) is 0 Å². The lowest BCUT2D eigenvalue weighted by atomic mass is 10.1. The number of hydrogen-bond donors (Lipinski definition) is 1. The summed E-state index contributed by atoms with van der Waals surface area (Å²) in [5.74, 6) is 0. The van der Waals surface area contributed by atoms with Crippen molar-refractivity contribution < 1.29 is 5.11 Å². The maximum atomic E-state index is 8.63. The number of hydrogen-bond acceptors (Lipinski definition) is 2. The standard InChI is InChI=1S/C12H27NO/c1-4-12(5-2)13(3)10-8-6-7-9-11-14/h12,14H,4-11H2,1-3H3. The smallest absolute Gasteiger partial charge is 0.0431 e. The highest BCUT2D eigenvalue weighted by molar-refractivity contribution is 4.64. The van der Waals surface area contributed by atoms with Crippen molar-refractivity contribution in [3.8, 4) is 0 Å². The Morgan fingerprint density at radius 2 is 1.57 bits per heavy atom. The molecule has 0 aliphatic heterocycles. The summed E-state index contributed by atoms with van der Waals surface area (Å²) >= 11 is 0. The van der Waals surface area contributed by atoms with E-state index in [0.717, 1.165) is 12.5 Å². The topological polar surface area (TPSA) is 23.5 Å². The van der Waals surface area contributed by atoms with Crippen molar-refractivity contribution >= 4 is 0 Å². The summed E-state index contributed by atoms with van der Waals surface area (Å²) in [5.41, 5.74) is 0. The van der Waals surface area contributed by atoms with E-state index in [9.17, 15) is 0 Å². The summed E-state index contributed by atoms with van der Waals surface area (Å²) < 4.78 is 0. The molecule has 0 saturated carbocycles. The molecule has 0 rings (SSSR count). The molecule has 0 saturated heterocycles. The number of rotatable bonds is 9. The van der Waals surface area contributed by atoms with Gasteiger partial charge >= 0.3 is 0 Å². The average molecular weight is 201 g/mol. The highest BCUT2D eigenvalue weighted by Gasteiger charge is 2.08. The summed E-state index contributed by atoms with van der Waals surface area (Å²) in [6, 6.07) is 0.757. The van der Waals surface area contributed by atoms with Crippen LogP contribution in [0, 0.1) is 0 Å². The molecule has 0 aliphatic rings. The Morgan fingerprint density at radius 1 is 1.00 bits per heavy atom. The van der Waals surface area contributed by atoms with E-state index in [1.54, 1.807) is 0 Å². The monoisotopic (exact) mass is 201 g/mol. The molecular formula is C12H27NO. The predicted molar refractivity (Wildman–Crippen MR) is 62.6 cm³/mol. The van der Waals surface area contributed by atoms with Gasteiger partial charge in [-0.25, -0.2) is 0 Å². The van der Waals surface area contributed by atoms with Crippen molar-refractivity contribution in [2.24, 2.45) is 0 Å². The van der Waals surface area contributed by atoms with Crippen molar-refractivity contribution in [3.63, 3.8) is 0 Å². The maximum Gasteiger partial charge on any atom is 0.0431 e. The lowest BCUT2D eigenvalue weighted by molar-refractivity contribution is 0.223. The van der Waals surface area contributed by atoms with Crippen molar-refractivity contribution in [2.75, 3.05) is 20.2 Å². The first-order valence-corrected chi connectivity index (χ1v) is 6.07. The number of unbranched alkanes of at least 4 members (excludes halogenated alkanes) is 3. The molecule has 2 nitrogen and oxygen atoms in total. The SMILES string of the molecule is CCC(CC)N(C)CCCCCCO. The molecule has 2 heteroatoms. The molecule has 0 spiro atoms. The summed E-state index contributed by atoms with van der Waals surface area (Å²) in [6.45, 7) is 6.08. The van der Waals surface area contributed by atoms with E-state index in [4.69, 9.17) is 5.11 Å². The Bertz CT molecular complexity index is 113. The molecule has 0 aromatic heterocycles. The zero-order valence-electron chi connectivity index (χ0n) is 10.1. The van der Waals surface area contributed by atoms with Crippen LogP contribution in [0.5, 0.6) is 0 Å². The Labute approximate surface area is 89.3 Å². The van der Waals surface area contributed by atoms with Gasteiger partial charge in [-0.15, -0.1) is 0 Å². The van der Waals surface area contributed by atoms with Crippen LogP contribution >= 0.6 is 0 Å². The first kappa shape index (κ1) is 13.9. The lowest BCUT2D eigenvalue weighted by Crippen LogP contribution is -2.31. The fraction of sp³-hybridized carbons (Fsp3) is 1.00. The van der Waals surface area contributed by atoms with Crippen molar-refractivity contribution in [1.82, 2.24) is 4.90 Å². The molecule has 0 fully saturated rings. The van der Waals surface area contributed by atoms with Crippen LogP contribution in [0.25, 0.3) is 0 Å². The van der Waals surface area contributed by atoms with E-state index in [1.807, 2.05) is 0 Å². The molecule has 86 valence electrons. The van der Waals surface area contributed by atoms with Gasteiger partial charge in [-0.3, -0.25) is 0 Å². The number of nitrogens with zero attached hydrogens (tertiary/aromatic N) is 1. The fourth-order valence-corrected chi connectivity index (χ4v) is 1.92. The summed E-state index contributed by atoms with van der Waals surface area (Å²) in [6.07, 6.45) is 7.17. The minimum absolute atomic E-state index is 0.350. The second kappa shape index (κ2) is 9.47. The van der Waals surface area contributed by atoms with Crippen LogP contribution in [0.2, 0.25) is 0 Å². The summed E-state index contributed by atoms with van der Waals surface area (Å²) in [4.78, 5) is 2.47. The van der Waals surface area contributed by atoms with E-state index < -0.39 is 0 Å². The quantitative estimate of drug-likeness (QED) is 0.580. The molecule has 1 N–H and O–H groups in total. The maximum absolute atomic E-state index is 8.63. The third-order valence-electron chi connectivity index (χ3n) is 2.98. The van der Waals surface area contributed by atoms with E-state index in [0.29, 0.717) is 6.61 Å². The Kier molecular flexibility index (Phi) is 9.42. The van der Waals surface area contributed by atoms with Crippen LogP contribution < -0.4 is 0 Å². The third kappa shape index (κ3) is 6.39. The van der Waals surface area contributed by atoms with Crippen LogP contribution in [0.1, 0.15) is 52.4 Å². The molecular weight excluding hydrogens is 174 g/mol. The van der Waals surface area contributed by atoms with Gasteiger partial charge in [0, 0.05) is 12.6 Å². The van der Waals surface area contributed by atoms with Crippen LogP contribution in [0.3, 0.4) is 0 Å². The molecule has 0 aromatic carbocycles. The second-order valence-corrected chi connectivity index (χ2v) is 4.09. The highest BCUT2D eigenvalue weighted by Crippen LogP contribution is 2.08. The van der Waals surface area contributed by atoms with Gasteiger partial charge < -0.3 is 10.0 Å². The first-order valence-electron chi connectivity index (χ1n) is 6.07. The second-order valence-electron chi connectivity index (χ2n) is 4.09. The first-order chi connectivity index (χ1) is 6.76. The molecule has 0 radical (unpaired) electrons. The average Bonchev–Trinajstić information content (AvgIpc) is 2.19. The van der Waals surface area contributed by atoms with Gasteiger partial charge in [0.25, 0.3) is 0 Å². The molecule has 14 heavy (non-hydrogen) atoms. The summed E-state index contributed by atoms with van der Waals surface area (Å²) in [5, 5.41) is 8.63. The molecule has 0 bridgehead atoms. The van der Waals surface area contributed by atoms with Gasteiger partial charge in [0.1, 0.15) is 0 Å². The van der Waals surface area contributed by atoms with Crippen molar-refractivity contribution in [1.29, 1.82) is 0 Å². The van der Waals surface area contributed by atoms with E-state index in [1.165, 1.54) is 38.6 Å². The van der Waals surface area contributed by atoms with Gasteiger partial charge in [-0.05, 0) is 39.3 Å². The normalized spacial score (nSPS) is 11.6. The summed E-state index contributed by atoms with van der Waals surface area (Å²) in [7, 11) is 2.23. The zero-order chi connectivity index (χ0) is 10.8. The third-order valence-corrected chi connectivity index (χ3v) is 2.98. The Hall–Kier alpha value is -0.0800. The minimum atomic E-state index is 0.350. The fourth-order valence-electron chi connectivity index (χ4n) is 1.92. The molecule has 0 amide bonds. The molecule has 0 atom stereocenters. The highest BCUT2D eigenvalue weighted by atomic mass is 16.2. The number of aliphatic hydroxyl groups excluding tert-OH is 1. The van der Waals surface area contributed by atoms with Crippen LogP contribution in [0.4, 0.5) is 0 Å². The Balaban J connectivity index is 3.37. The molecule has 0 aliphatic carbocycles. The van der Waals surface area contributed by atoms with Crippen molar-refractivity contribution in [3.05, 3.63) is 0 Å². The van der Waals surface area contributed by atoms with E-state index in [-0.39, 0.29) is 0 Å². The van der Waals surface area contributed by atoms with Gasteiger partial charge in [0.05, 0.1) is 0 Å². The zero-order valence-corrected chi connectivity index (χ0v) is 10.1. The minimum Gasteiger partial charge on any atom is -0.396 e. The van der Waals surface area contributed by atoms with Gasteiger partial charge in [-0.2, -0.15) is 0 Å². The van der Waals surface area contributed by atoms with Gasteiger partial charge in [0.2, 0.25) is 0 Å². The predicted octanol–water partition coefficient (Wildman–Crippen LogP) is 2.66. The van der Waals surface area contributed by atoms with Gasteiger partial charge in [-0.1, -0.05) is 26.7 Å². The molecule has 0 heterocycles. The van der Waals surface area contributed by atoms with Crippen molar-refractivity contribution in [2.45, 2.75) is 58.4 Å². The Morgan fingerprint density at radius 3 is 2.07 bits per heavy atom. The lowest BCUT2D eigenvalue weighted by Gasteiger charge is -2.25. The van der Waals surface area contributed by atoms with E-state index >= 15 is 0 Å².